The Hall–Kier alpha value is -0.220. The third-order valence-electron chi connectivity index (χ3n) is 2.91. The van der Waals surface area contributed by atoms with E-state index in [1.807, 2.05) is 11.8 Å². The molecule has 1 heterocycles. The fourth-order valence-corrected chi connectivity index (χ4v) is 2.70. The van der Waals surface area contributed by atoms with Crippen LogP contribution in [-0.4, -0.2) is 36.0 Å². The van der Waals surface area contributed by atoms with Crippen molar-refractivity contribution in [2.45, 2.75) is 51.6 Å². The van der Waals surface area contributed by atoms with E-state index in [1.165, 1.54) is 12.8 Å². The molecule has 0 saturated carbocycles. The lowest BCUT2D eigenvalue weighted by Gasteiger charge is -2.24. The van der Waals surface area contributed by atoms with Crippen LogP contribution in [0.4, 0.5) is 0 Å². The van der Waals surface area contributed by atoms with Gasteiger partial charge in [-0.2, -0.15) is 11.8 Å². The molecule has 1 amide bonds. The van der Waals surface area contributed by atoms with Crippen LogP contribution in [0.15, 0.2) is 0 Å². The Morgan fingerprint density at radius 2 is 2.38 bits per heavy atom. The van der Waals surface area contributed by atoms with Crippen LogP contribution in [0.5, 0.6) is 0 Å². The SMILES string of the molecule is CCSCCC(C)NC(=O)C1CCCCN1. The lowest BCUT2D eigenvalue weighted by molar-refractivity contribution is -0.124. The number of thioether (sulfide) groups is 1. The summed E-state index contributed by atoms with van der Waals surface area (Å²) in [5, 5.41) is 6.37. The predicted octanol–water partition coefficient (Wildman–Crippen LogP) is 1.78. The van der Waals surface area contributed by atoms with Crippen molar-refractivity contribution in [3.05, 3.63) is 0 Å². The van der Waals surface area contributed by atoms with Gasteiger partial charge in [0.25, 0.3) is 0 Å². The molecule has 2 atom stereocenters. The second-order valence-electron chi connectivity index (χ2n) is 4.40. The second-order valence-corrected chi connectivity index (χ2v) is 5.79. The van der Waals surface area contributed by atoms with Gasteiger partial charge in [0.05, 0.1) is 6.04 Å². The van der Waals surface area contributed by atoms with E-state index >= 15 is 0 Å². The Labute approximate surface area is 103 Å². The number of piperidine rings is 1. The third kappa shape index (κ3) is 5.21. The molecule has 0 bridgehead atoms. The van der Waals surface area contributed by atoms with E-state index in [0.29, 0.717) is 6.04 Å². The lowest BCUT2D eigenvalue weighted by Crippen LogP contribution is -2.49. The quantitative estimate of drug-likeness (QED) is 0.700. The first-order valence-corrected chi connectivity index (χ1v) is 7.51. The minimum Gasteiger partial charge on any atom is -0.352 e. The van der Waals surface area contributed by atoms with Crippen LogP contribution >= 0.6 is 11.8 Å². The Morgan fingerprint density at radius 3 is 3.00 bits per heavy atom. The normalized spacial score (nSPS) is 22.8. The standard InChI is InChI=1S/C12H24N2OS/c1-3-16-9-7-10(2)14-12(15)11-6-4-5-8-13-11/h10-11,13H,3-9H2,1-2H3,(H,14,15). The van der Waals surface area contributed by atoms with E-state index < -0.39 is 0 Å². The molecule has 0 aliphatic carbocycles. The van der Waals surface area contributed by atoms with Crippen molar-refractivity contribution in [2.75, 3.05) is 18.1 Å². The van der Waals surface area contributed by atoms with Crippen molar-refractivity contribution in [2.24, 2.45) is 0 Å². The predicted molar refractivity (Wildman–Crippen MR) is 70.9 cm³/mol. The summed E-state index contributed by atoms with van der Waals surface area (Å²) >= 11 is 1.93. The van der Waals surface area contributed by atoms with Crippen LogP contribution in [0, 0.1) is 0 Å². The molecule has 0 aromatic carbocycles. The summed E-state index contributed by atoms with van der Waals surface area (Å²) in [7, 11) is 0. The molecule has 0 aromatic heterocycles. The summed E-state index contributed by atoms with van der Waals surface area (Å²) in [6.45, 7) is 5.25. The number of rotatable bonds is 6. The second kappa shape index (κ2) is 7.96. The molecule has 2 N–H and O–H groups in total. The van der Waals surface area contributed by atoms with Crippen LogP contribution < -0.4 is 10.6 Å². The van der Waals surface area contributed by atoms with Crippen molar-refractivity contribution >= 4 is 17.7 Å². The van der Waals surface area contributed by atoms with Crippen LogP contribution in [-0.2, 0) is 4.79 Å². The maximum atomic E-state index is 11.9. The molecule has 2 unspecified atom stereocenters. The van der Waals surface area contributed by atoms with Gasteiger partial charge in [-0.15, -0.1) is 0 Å². The Bertz CT molecular complexity index is 205. The molecule has 1 saturated heterocycles. The van der Waals surface area contributed by atoms with Gasteiger partial charge in [0.2, 0.25) is 5.91 Å². The monoisotopic (exact) mass is 244 g/mol. The van der Waals surface area contributed by atoms with Crippen LogP contribution in [0.3, 0.4) is 0 Å². The highest BCUT2D eigenvalue weighted by atomic mass is 32.2. The van der Waals surface area contributed by atoms with E-state index in [2.05, 4.69) is 24.5 Å². The fourth-order valence-electron chi connectivity index (χ4n) is 1.90. The summed E-state index contributed by atoms with van der Waals surface area (Å²) in [5.74, 6) is 2.48. The molecule has 1 rings (SSSR count). The zero-order valence-corrected chi connectivity index (χ0v) is 11.2. The van der Waals surface area contributed by atoms with Gasteiger partial charge in [-0.3, -0.25) is 4.79 Å². The van der Waals surface area contributed by atoms with Crippen molar-refractivity contribution < 1.29 is 4.79 Å². The summed E-state index contributed by atoms with van der Waals surface area (Å²) in [5.41, 5.74) is 0. The molecule has 1 fully saturated rings. The van der Waals surface area contributed by atoms with Crippen LogP contribution in [0.25, 0.3) is 0 Å². The zero-order chi connectivity index (χ0) is 11.8. The first-order valence-electron chi connectivity index (χ1n) is 6.35. The summed E-state index contributed by atoms with van der Waals surface area (Å²) < 4.78 is 0. The van der Waals surface area contributed by atoms with Crippen molar-refractivity contribution in [3.63, 3.8) is 0 Å². The highest BCUT2D eigenvalue weighted by molar-refractivity contribution is 7.99. The Kier molecular flexibility index (Phi) is 6.88. The van der Waals surface area contributed by atoms with E-state index in [9.17, 15) is 4.79 Å². The van der Waals surface area contributed by atoms with Gasteiger partial charge in [0, 0.05) is 6.04 Å². The van der Waals surface area contributed by atoms with Crippen LogP contribution in [0.2, 0.25) is 0 Å². The smallest absolute Gasteiger partial charge is 0.237 e. The third-order valence-corrected chi connectivity index (χ3v) is 3.85. The van der Waals surface area contributed by atoms with Crippen LogP contribution in [0.1, 0.15) is 39.5 Å². The summed E-state index contributed by atoms with van der Waals surface area (Å²) in [6, 6.07) is 0.352. The Balaban J connectivity index is 2.16. The molecule has 16 heavy (non-hydrogen) atoms. The largest absolute Gasteiger partial charge is 0.352 e. The highest BCUT2D eigenvalue weighted by Gasteiger charge is 2.21. The number of carbonyl (C=O) groups excluding carboxylic acids is 1. The van der Waals surface area contributed by atoms with Gasteiger partial charge >= 0.3 is 0 Å². The number of carbonyl (C=O) groups is 1. The molecule has 0 radical (unpaired) electrons. The maximum absolute atomic E-state index is 11.9. The van der Waals surface area contributed by atoms with E-state index in [1.54, 1.807) is 0 Å². The average molecular weight is 244 g/mol. The topological polar surface area (TPSA) is 41.1 Å². The van der Waals surface area contributed by atoms with Crippen molar-refractivity contribution in [1.29, 1.82) is 0 Å². The molecule has 1 aliphatic heterocycles. The van der Waals surface area contributed by atoms with Gasteiger partial charge < -0.3 is 10.6 Å². The molecular weight excluding hydrogens is 220 g/mol. The van der Waals surface area contributed by atoms with Gasteiger partial charge in [-0.05, 0) is 44.2 Å². The summed E-state index contributed by atoms with van der Waals surface area (Å²) in [6.07, 6.45) is 4.43. The minimum absolute atomic E-state index is 0.0510. The molecule has 94 valence electrons. The van der Waals surface area contributed by atoms with Crippen molar-refractivity contribution in [1.82, 2.24) is 10.6 Å². The molecule has 3 nitrogen and oxygen atoms in total. The lowest BCUT2D eigenvalue weighted by atomic mass is 10.0. The maximum Gasteiger partial charge on any atom is 0.237 e. The van der Waals surface area contributed by atoms with Gasteiger partial charge in [0.1, 0.15) is 0 Å². The van der Waals surface area contributed by atoms with Gasteiger partial charge in [-0.25, -0.2) is 0 Å². The average Bonchev–Trinajstić information content (AvgIpc) is 2.30. The van der Waals surface area contributed by atoms with Crippen molar-refractivity contribution in [3.8, 4) is 0 Å². The number of nitrogens with one attached hydrogen (secondary N) is 2. The van der Waals surface area contributed by atoms with Gasteiger partial charge in [-0.1, -0.05) is 13.3 Å². The minimum atomic E-state index is 0.0510. The molecular formula is C12H24N2OS. The summed E-state index contributed by atoms with van der Waals surface area (Å²) in [4.78, 5) is 11.9. The number of amides is 1. The highest BCUT2D eigenvalue weighted by Crippen LogP contribution is 2.08. The Morgan fingerprint density at radius 1 is 1.56 bits per heavy atom. The van der Waals surface area contributed by atoms with Gasteiger partial charge in [0.15, 0.2) is 0 Å². The first kappa shape index (κ1) is 13.8. The number of hydrogen-bond donors (Lipinski definition) is 2. The molecule has 4 heteroatoms. The first-order chi connectivity index (χ1) is 7.74. The fraction of sp³-hybridized carbons (Fsp3) is 0.917. The molecule has 1 aliphatic rings. The van der Waals surface area contributed by atoms with E-state index in [0.717, 1.165) is 30.9 Å². The molecule has 0 aromatic rings. The number of hydrogen-bond acceptors (Lipinski definition) is 3. The molecule has 0 spiro atoms. The van der Waals surface area contributed by atoms with E-state index in [4.69, 9.17) is 0 Å². The zero-order valence-electron chi connectivity index (χ0n) is 10.4. The van der Waals surface area contributed by atoms with E-state index in [-0.39, 0.29) is 11.9 Å².